The van der Waals surface area contributed by atoms with E-state index < -0.39 is 0 Å². The number of piperidine rings is 1. The summed E-state index contributed by atoms with van der Waals surface area (Å²) < 4.78 is 7.31. The van der Waals surface area contributed by atoms with Gasteiger partial charge in [-0.05, 0) is 56.6 Å². The van der Waals surface area contributed by atoms with Crippen LogP contribution in [0.15, 0.2) is 60.9 Å². The summed E-state index contributed by atoms with van der Waals surface area (Å²) in [5.41, 5.74) is 4.10. The summed E-state index contributed by atoms with van der Waals surface area (Å²) in [7, 11) is 1.66. The molecular weight excluding hydrogens is 388 g/mol. The molecule has 1 saturated heterocycles. The van der Waals surface area contributed by atoms with Gasteiger partial charge in [0.05, 0.1) is 13.3 Å². The molecule has 0 spiro atoms. The number of rotatable bonds is 7. The van der Waals surface area contributed by atoms with Crippen molar-refractivity contribution in [3.05, 3.63) is 66.5 Å². The van der Waals surface area contributed by atoms with E-state index in [4.69, 9.17) is 4.74 Å². The van der Waals surface area contributed by atoms with Crippen LogP contribution in [0.2, 0.25) is 0 Å². The topological polar surface area (TPSA) is 59.4 Å². The predicted octanol–water partition coefficient (Wildman–Crippen LogP) is 4.43. The molecule has 0 atom stereocenters. The molecule has 1 aromatic heterocycles. The van der Waals surface area contributed by atoms with Crippen molar-refractivity contribution in [1.82, 2.24) is 14.7 Å². The van der Waals surface area contributed by atoms with Crippen LogP contribution in [-0.2, 0) is 17.9 Å². The van der Waals surface area contributed by atoms with Gasteiger partial charge in [0.1, 0.15) is 5.75 Å². The van der Waals surface area contributed by atoms with E-state index in [9.17, 15) is 4.79 Å². The zero-order chi connectivity index (χ0) is 21.6. The lowest BCUT2D eigenvalue weighted by molar-refractivity contribution is -0.121. The minimum Gasteiger partial charge on any atom is -0.497 e. The molecule has 31 heavy (non-hydrogen) atoms. The van der Waals surface area contributed by atoms with Gasteiger partial charge in [0.25, 0.3) is 0 Å². The molecule has 2 aromatic carbocycles. The fourth-order valence-corrected chi connectivity index (χ4v) is 4.14. The van der Waals surface area contributed by atoms with Crippen LogP contribution in [0.1, 0.15) is 25.3 Å². The largest absolute Gasteiger partial charge is 0.497 e. The number of nitrogens with zero attached hydrogens (tertiary/aromatic N) is 3. The van der Waals surface area contributed by atoms with Crippen LogP contribution in [0.5, 0.6) is 5.75 Å². The highest BCUT2D eigenvalue weighted by Crippen LogP contribution is 2.31. The summed E-state index contributed by atoms with van der Waals surface area (Å²) in [6.07, 6.45) is 5.79. The normalized spacial score (nSPS) is 15.0. The third kappa shape index (κ3) is 5.14. The molecule has 1 fully saturated rings. The Morgan fingerprint density at radius 1 is 1.16 bits per heavy atom. The SMILES string of the molecule is CCn1cc(CN2CCC(C(=O)Nc3ccccc3-c3cccc(OC)c3)CC2)cn1. The summed E-state index contributed by atoms with van der Waals surface area (Å²) in [5.74, 6) is 0.942. The van der Waals surface area contributed by atoms with Gasteiger partial charge in [-0.1, -0.05) is 30.3 Å². The van der Waals surface area contributed by atoms with Gasteiger partial charge in [0.15, 0.2) is 0 Å². The summed E-state index contributed by atoms with van der Waals surface area (Å²) in [6, 6.07) is 15.9. The smallest absolute Gasteiger partial charge is 0.227 e. The number of hydrogen-bond acceptors (Lipinski definition) is 4. The summed E-state index contributed by atoms with van der Waals surface area (Å²) >= 11 is 0. The van der Waals surface area contributed by atoms with Crippen molar-refractivity contribution in [2.75, 3.05) is 25.5 Å². The molecule has 6 nitrogen and oxygen atoms in total. The Bertz CT molecular complexity index is 1020. The van der Waals surface area contributed by atoms with Gasteiger partial charge >= 0.3 is 0 Å². The zero-order valence-electron chi connectivity index (χ0n) is 18.3. The first kappa shape index (κ1) is 21.1. The van der Waals surface area contributed by atoms with Crippen LogP contribution in [0, 0.1) is 5.92 Å². The highest BCUT2D eigenvalue weighted by atomic mass is 16.5. The second-order valence-electron chi connectivity index (χ2n) is 8.02. The highest BCUT2D eigenvalue weighted by molar-refractivity contribution is 5.96. The number of para-hydroxylation sites is 1. The van der Waals surface area contributed by atoms with Crippen LogP contribution < -0.4 is 10.1 Å². The maximum atomic E-state index is 13.0. The third-order valence-electron chi connectivity index (χ3n) is 5.94. The molecule has 0 radical (unpaired) electrons. The summed E-state index contributed by atoms with van der Waals surface area (Å²) in [5, 5.41) is 7.53. The van der Waals surface area contributed by atoms with Gasteiger partial charge in [0.2, 0.25) is 5.91 Å². The molecule has 2 heterocycles. The number of hydrogen-bond donors (Lipinski definition) is 1. The predicted molar refractivity (Wildman–Crippen MR) is 123 cm³/mol. The Morgan fingerprint density at radius 3 is 2.71 bits per heavy atom. The number of methoxy groups -OCH3 is 1. The standard InChI is InChI=1S/C25H30N4O2/c1-3-29-18-19(16-26-29)17-28-13-11-20(12-14-28)25(30)27-24-10-5-4-9-23(24)21-7-6-8-22(15-21)31-2/h4-10,15-16,18,20H,3,11-14,17H2,1-2H3,(H,27,30). The number of likely N-dealkylation sites (tertiary alicyclic amines) is 1. The first-order chi connectivity index (χ1) is 15.2. The maximum absolute atomic E-state index is 13.0. The number of amides is 1. The lowest BCUT2D eigenvalue weighted by atomic mass is 9.95. The minimum atomic E-state index is 0.0352. The number of benzene rings is 2. The number of ether oxygens (including phenoxy) is 1. The van der Waals surface area contributed by atoms with Crippen LogP contribution in [-0.4, -0.2) is 40.8 Å². The second-order valence-corrected chi connectivity index (χ2v) is 8.02. The fraction of sp³-hybridized carbons (Fsp3) is 0.360. The molecule has 3 aromatic rings. The van der Waals surface area contributed by atoms with Gasteiger partial charge in [-0.2, -0.15) is 5.10 Å². The lowest BCUT2D eigenvalue weighted by Gasteiger charge is -2.31. The number of aromatic nitrogens is 2. The average Bonchev–Trinajstić information content (AvgIpc) is 3.27. The van der Waals surface area contributed by atoms with Crippen LogP contribution in [0.3, 0.4) is 0 Å². The molecule has 6 heteroatoms. The van der Waals surface area contributed by atoms with Crippen LogP contribution in [0.25, 0.3) is 11.1 Å². The Hall–Kier alpha value is -3.12. The van der Waals surface area contributed by atoms with E-state index in [1.165, 1.54) is 5.56 Å². The van der Waals surface area contributed by atoms with E-state index in [2.05, 4.69) is 28.4 Å². The number of anilines is 1. The highest BCUT2D eigenvalue weighted by Gasteiger charge is 2.25. The quantitative estimate of drug-likeness (QED) is 0.617. The summed E-state index contributed by atoms with van der Waals surface area (Å²) in [6.45, 7) is 5.72. The van der Waals surface area contributed by atoms with E-state index in [1.54, 1.807) is 7.11 Å². The van der Waals surface area contributed by atoms with Gasteiger partial charge in [-0.3, -0.25) is 14.4 Å². The number of carbonyl (C=O) groups is 1. The van der Waals surface area contributed by atoms with Crippen molar-refractivity contribution >= 4 is 11.6 Å². The van der Waals surface area contributed by atoms with E-state index in [0.717, 1.165) is 61.6 Å². The van der Waals surface area contributed by atoms with Gasteiger partial charge in [0, 0.05) is 42.0 Å². The van der Waals surface area contributed by atoms with Gasteiger partial charge in [-0.25, -0.2) is 0 Å². The van der Waals surface area contributed by atoms with Crippen LogP contribution >= 0.6 is 0 Å². The van der Waals surface area contributed by atoms with E-state index >= 15 is 0 Å². The fourth-order valence-electron chi connectivity index (χ4n) is 4.14. The van der Waals surface area contributed by atoms with Gasteiger partial charge < -0.3 is 10.1 Å². The molecule has 0 unspecified atom stereocenters. The zero-order valence-corrected chi connectivity index (χ0v) is 18.3. The lowest BCUT2D eigenvalue weighted by Crippen LogP contribution is -2.37. The summed E-state index contributed by atoms with van der Waals surface area (Å²) in [4.78, 5) is 15.4. The van der Waals surface area contributed by atoms with E-state index in [0.29, 0.717) is 0 Å². The Kier molecular flexibility index (Phi) is 6.67. The second kappa shape index (κ2) is 9.79. The van der Waals surface area contributed by atoms with Crippen molar-refractivity contribution in [1.29, 1.82) is 0 Å². The van der Waals surface area contributed by atoms with Gasteiger partial charge in [-0.15, -0.1) is 0 Å². The van der Waals surface area contributed by atoms with Crippen LogP contribution in [0.4, 0.5) is 5.69 Å². The number of carbonyl (C=O) groups excluding carboxylic acids is 1. The molecule has 0 aliphatic carbocycles. The molecule has 4 rings (SSSR count). The van der Waals surface area contributed by atoms with Crippen molar-refractivity contribution in [3.8, 4) is 16.9 Å². The molecule has 1 aliphatic rings. The van der Waals surface area contributed by atoms with Crippen molar-refractivity contribution in [2.45, 2.75) is 32.9 Å². The molecule has 1 N–H and O–H groups in total. The average molecular weight is 419 g/mol. The minimum absolute atomic E-state index is 0.0352. The Labute approximate surface area is 183 Å². The van der Waals surface area contributed by atoms with E-state index in [-0.39, 0.29) is 11.8 Å². The van der Waals surface area contributed by atoms with Crippen molar-refractivity contribution < 1.29 is 9.53 Å². The third-order valence-corrected chi connectivity index (χ3v) is 5.94. The number of nitrogens with one attached hydrogen (secondary N) is 1. The molecular formula is C25H30N4O2. The Morgan fingerprint density at radius 2 is 1.97 bits per heavy atom. The number of aryl methyl sites for hydroxylation is 1. The first-order valence-electron chi connectivity index (χ1n) is 10.9. The monoisotopic (exact) mass is 418 g/mol. The first-order valence-corrected chi connectivity index (χ1v) is 10.9. The van der Waals surface area contributed by atoms with Crippen molar-refractivity contribution in [3.63, 3.8) is 0 Å². The molecule has 1 amide bonds. The molecule has 1 aliphatic heterocycles. The van der Waals surface area contributed by atoms with Crippen molar-refractivity contribution in [2.24, 2.45) is 5.92 Å². The molecule has 0 saturated carbocycles. The molecule has 0 bridgehead atoms. The maximum Gasteiger partial charge on any atom is 0.227 e. The van der Waals surface area contributed by atoms with E-state index in [1.807, 2.05) is 59.4 Å². The Balaban J connectivity index is 1.37. The molecule has 162 valence electrons.